The molecule has 3 rings (SSSR count). The highest BCUT2D eigenvalue weighted by atomic mass is 32.2. The number of rotatable bonds is 6. The first-order chi connectivity index (χ1) is 12.5. The van der Waals surface area contributed by atoms with E-state index in [0.717, 1.165) is 18.6 Å². The summed E-state index contributed by atoms with van der Waals surface area (Å²) in [5.41, 5.74) is 0. The SMILES string of the molecule is O=C(NCCc1cccs1)C1CCCN(S(=O)(=O)c2ccc(F)cc2)C1. The van der Waals surface area contributed by atoms with Gasteiger partial charge in [0.2, 0.25) is 15.9 Å². The topological polar surface area (TPSA) is 66.5 Å². The summed E-state index contributed by atoms with van der Waals surface area (Å²) >= 11 is 1.65. The van der Waals surface area contributed by atoms with E-state index in [2.05, 4.69) is 5.32 Å². The van der Waals surface area contributed by atoms with Crippen LogP contribution in [0.25, 0.3) is 0 Å². The average Bonchev–Trinajstić information content (AvgIpc) is 3.15. The van der Waals surface area contributed by atoms with Gasteiger partial charge >= 0.3 is 0 Å². The van der Waals surface area contributed by atoms with Gasteiger partial charge in [-0.05, 0) is 55.0 Å². The number of piperidine rings is 1. The molecule has 0 saturated carbocycles. The van der Waals surface area contributed by atoms with Crippen LogP contribution in [-0.4, -0.2) is 38.3 Å². The molecule has 1 aliphatic rings. The highest BCUT2D eigenvalue weighted by molar-refractivity contribution is 7.89. The molecule has 26 heavy (non-hydrogen) atoms. The molecule has 0 aliphatic carbocycles. The summed E-state index contributed by atoms with van der Waals surface area (Å²) in [7, 11) is -3.71. The van der Waals surface area contributed by atoms with Crippen molar-refractivity contribution in [2.75, 3.05) is 19.6 Å². The lowest BCUT2D eigenvalue weighted by Gasteiger charge is -2.31. The van der Waals surface area contributed by atoms with Gasteiger partial charge in [0.05, 0.1) is 10.8 Å². The lowest BCUT2D eigenvalue weighted by molar-refractivity contribution is -0.126. The molecular formula is C18H21FN2O3S2. The standard InChI is InChI=1S/C18H21FN2O3S2/c19-15-5-7-17(8-6-15)26(23,24)21-11-1-3-14(13-21)18(22)20-10-9-16-4-2-12-25-16/h2,4-8,12,14H,1,3,9-11,13H2,(H,20,22). The van der Waals surface area contributed by atoms with Crippen molar-refractivity contribution < 1.29 is 17.6 Å². The van der Waals surface area contributed by atoms with Gasteiger partial charge in [0.15, 0.2) is 0 Å². The Balaban J connectivity index is 1.59. The highest BCUT2D eigenvalue weighted by Crippen LogP contribution is 2.24. The number of sulfonamides is 1. The smallest absolute Gasteiger partial charge is 0.243 e. The molecule has 5 nitrogen and oxygen atoms in total. The average molecular weight is 397 g/mol. The number of carbonyl (C=O) groups is 1. The second-order valence-electron chi connectivity index (χ2n) is 6.28. The maximum atomic E-state index is 13.0. The summed E-state index contributed by atoms with van der Waals surface area (Å²) in [4.78, 5) is 13.7. The van der Waals surface area contributed by atoms with E-state index in [1.165, 1.54) is 21.3 Å². The van der Waals surface area contributed by atoms with Crippen LogP contribution in [0.3, 0.4) is 0 Å². The van der Waals surface area contributed by atoms with Crippen LogP contribution in [0.15, 0.2) is 46.7 Å². The zero-order valence-electron chi connectivity index (χ0n) is 14.2. The predicted octanol–water partition coefficient (Wildman–Crippen LogP) is 2.65. The van der Waals surface area contributed by atoms with Crippen molar-refractivity contribution in [2.45, 2.75) is 24.2 Å². The molecule has 0 bridgehead atoms. The highest BCUT2D eigenvalue weighted by Gasteiger charge is 2.33. The van der Waals surface area contributed by atoms with Crippen LogP contribution in [0.5, 0.6) is 0 Å². The number of hydrogen-bond donors (Lipinski definition) is 1. The van der Waals surface area contributed by atoms with E-state index in [9.17, 15) is 17.6 Å². The van der Waals surface area contributed by atoms with Gasteiger partial charge in [-0.2, -0.15) is 4.31 Å². The zero-order valence-corrected chi connectivity index (χ0v) is 15.9. The molecule has 1 amide bonds. The Labute approximate surface area is 156 Å². The number of carbonyl (C=O) groups excluding carboxylic acids is 1. The fourth-order valence-corrected chi connectivity index (χ4v) is 5.27. The van der Waals surface area contributed by atoms with Crippen molar-refractivity contribution in [3.8, 4) is 0 Å². The number of nitrogens with zero attached hydrogens (tertiary/aromatic N) is 1. The van der Waals surface area contributed by atoms with Crippen molar-refractivity contribution >= 4 is 27.3 Å². The van der Waals surface area contributed by atoms with Crippen molar-refractivity contribution in [1.29, 1.82) is 0 Å². The number of nitrogens with one attached hydrogen (secondary N) is 1. The molecule has 1 aliphatic heterocycles. The third-order valence-corrected chi connectivity index (χ3v) is 7.27. The lowest BCUT2D eigenvalue weighted by atomic mass is 9.99. The number of halogens is 1. The Morgan fingerprint density at radius 2 is 2.04 bits per heavy atom. The van der Waals surface area contributed by atoms with E-state index < -0.39 is 15.8 Å². The molecule has 1 aromatic carbocycles. The van der Waals surface area contributed by atoms with Crippen LogP contribution < -0.4 is 5.32 Å². The molecule has 2 heterocycles. The van der Waals surface area contributed by atoms with Crippen molar-refractivity contribution in [1.82, 2.24) is 9.62 Å². The lowest BCUT2D eigenvalue weighted by Crippen LogP contribution is -2.45. The van der Waals surface area contributed by atoms with Crippen molar-refractivity contribution in [2.24, 2.45) is 5.92 Å². The molecule has 0 radical (unpaired) electrons. The molecular weight excluding hydrogens is 375 g/mol. The first-order valence-corrected chi connectivity index (χ1v) is 10.8. The molecule has 8 heteroatoms. The molecule has 1 fully saturated rings. The summed E-state index contributed by atoms with van der Waals surface area (Å²) in [6.07, 6.45) is 2.07. The second-order valence-corrected chi connectivity index (χ2v) is 9.25. The number of amides is 1. The number of thiophene rings is 1. The Hall–Kier alpha value is -1.77. The van der Waals surface area contributed by atoms with E-state index in [4.69, 9.17) is 0 Å². The van der Waals surface area contributed by atoms with E-state index >= 15 is 0 Å². The monoisotopic (exact) mass is 396 g/mol. The minimum atomic E-state index is -3.71. The van der Waals surface area contributed by atoms with Crippen LogP contribution in [0.1, 0.15) is 17.7 Å². The maximum Gasteiger partial charge on any atom is 0.243 e. The molecule has 1 atom stereocenters. The minimum Gasteiger partial charge on any atom is -0.355 e. The zero-order chi connectivity index (χ0) is 18.6. The van der Waals surface area contributed by atoms with Gasteiger partial charge < -0.3 is 5.32 Å². The maximum absolute atomic E-state index is 13.0. The minimum absolute atomic E-state index is 0.0534. The van der Waals surface area contributed by atoms with E-state index in [1.807, 2.05) is 17.5 Å². The fourth-order valence-electron chi connectivity index (χ4n) is 3.04. The first kappa shape index (κ1) is 19.0. The number of benzene rings is 1. The van der Waals surface area contributed by atoms with Crippen LogP contribution >= 0.6 is 11.3 Å². The van der Waals surface area contributed by atoms with Gasteiger partial charge in [0, 0.05) is 24.5 Å². The molecule has 1 aromatic heterocycles. The summed E-state index contributed by atoms with van der Waals surface area (Å²) in [6, 6.07) is 8.78. The summed E-state index contributed by atoms with van der Waals surface area (Å²) < 4.78 is 39.8. The van der Waals surface area contributed by atoms with Crippen LogP contribution in [0.2, 0.25) is 0 Å². The van der Waals surface area contributed by atoms with Gasteiger partial charge in [-0.25, -0.2) is 12.8 Å². The van der Waals surface area contributed by atoms with Crippen LogP contribution in [0, 0.1) is 11.7 Å². The van der Waals surface area contributed by atoms with Crippen molar-refractivity contribution in [3.63, 3.8) is 0 Å². The van der Waals surface area contributed by atoms with Gasteiger partial charge in [0.25, 0.3) is 0 Å². The Morgan fingerprint density at radius 1 is 1.27 bits per heavy atom. The van der Waals surface area contributed by atoms with E-state index in [1.54, 1.807) is 11.3 Å². The first-order valence-electron chi connectivity index (χ1n) is 8.52. The molecule has 140 valence electrons. The Kier molecular flexibility index (Phi) is 6.05. The van der Waals surface area contributed by atoms with E-state index in [0.29, 0.717) is 25.9 Å². The summed E-state index contributed by atoms with van der Waals surface area (Å²) in [5.74, 6) is -0.950. The molecule has 0 spiro atoms. The third kappa shape index (κ3) is 4.49. The van der Waals surface area contributed by atoms with E-state index in [-0.39, 0.29) is 23.3 Å². The number of hydrogen-bond acceptors (Lipinski definition) is 4. The second kappa shape index (κ2) is 8.28. The molecule has 1 unspecified atom stereocenters. The summed E-state index contributed by atoms with van der Waals surface area (Å²) in [5, 5.41) is 4.90. The summed E-state index contributed by atoms with van der Waals surface area (Å²) in [6.45, 7) is 1.07. The predicted molar refractivity (Wildman–Crippen MR) is 98.9 cm³/mol. The fraction of sp³-hybridized carbons (Fsp3) is 0.389. The Bertz CT molecular complexity index is 836. The Morgan fingerprint density at radius 3 is 2.73 bits per heavy atom. The van der Waals surface area contributed by atoms with Gasteiger partial charge in [0.1, 0.15) is 5.82 Å². The third-order valence-electron chi connectivity index (χ3n) is 4.46. The molecule has 1 saturated heterocycles. The van der Waals surface area contributed by atoms with Gasteiger partial charge in [-0.1, -0.05) is 6.07 Å². The van der Waals surface area contributed by atoms with Crippen molar-refractivity contribution in [3.05, 3.63) is 52.5 Å². The van der Waals surface area contributed by atoms with Crippen LogP contribution in [0.4, 0.5) is 4.39 Å². The normalized spacial score (nSPS) is 18.6. The molecule has 2 aromatic rings. The van der Waals surface area contributed by atoms with Gasteiger partial charge in [-0.15, -0.1) is 11.3 Å². The quantitative estimate of drug-likeness (QED) is 0.816. The van der Waals surface area contributed by atoms with Gasteiger partial charge in [-0.3, -0.25) is 4.79 Å². The molecule has 1 N–H and O–H groups in total. The largest absolute Gasteiger partial charge is 0.355 e. The van der Waals surface area contributed by atoms with Crippen LogP contribution in [-0.2, 0) is 21.2 Å².